The Balaban J connectivity index is 1.87. The molecule has 2 aromatic rings. The molecule has 1 aliphatic rings. The second-order valence-corrected chi connectivity index (χ2v) is 8.97. The molecule has 4 nitrogen and oxygen atoms in total. The zero-order chi connectivity index (χ0) is 21.7. The predicted octanol–water partition coefficient (Wildman–Crippen LogP) is 5.44. The lowest BCUT2D eigenvalue weighted by Gasteiger charge is -2.33. The van der Waals surface area contributed by atoms with Crippen molar-refractivity contribution in [2.24, 2.45) is 11.3 Å². The van der Waals surface area contributed by atoms with Crippen LogP contribution in [0.4, 0.5) is 0 Å². The van der Waals surface area contributed by atoms with Crippen LogP contribution >= 0.6 is 0 Å². The molecule has 30 heavy (non-hydrogen) atoms. The predicted molar refractivity (Wildman–Crippen MR) is 117 cm³/mol. The fourth-order valence-electron chi connectivity index (χ4n) is 4.15. The molecular formula is C26H32O4. The normalized spacial score (nSPS) is 20.9. The molecule has 0 aliphatic heterocycles. The SMILES string of the molecule is Cc1ccc(CC2(C(=O)OCC(C)C)CCCC2OC(=O)c2cccc(C)c2)cc1. The van der Waals surface area contributed by atoms with Gasteiger partial charge in [-0.25, -0.2) is 4.79 Å². The highest BCUT2D eigenvalue weighted by atomic mass is 16.6. The van der Waals surface area contributed by atoms with Gasteiger partial charge in [-0.3, -0.25) is 4.79 Å². The maximum Gasteiger partial charge on any atom is 0.338 e. The van der Waals surface area contributed by atoms with E-state index in [2.05, 4.69) is 0 Å². The Morgan fingerprint density at radius 2 is 1.80 bits per heavy atom. The standard InChI is InChI=1S/C26H32O4/c1-18(2)17-29-25(28)26(16-21-12-10-19(3)11-13-21)14-6-9-23(26)30-24(27)22-8-5-7-20(4)15-22/h5,7-8,10-13,15,18,23H,6,9,14,16-17H2,1-4H3. The Kier molecular flexibility index (Phi) is 6.96. The van der Waals surface area contributed by atoms with E-state index in [1.165, 1.54) is 5.56 Å². The molecule has 0 spiro atoms. The molecule has 2 atom stereocenters. The fraction of sp³-hybridized carbons (Fsp3) is 0.462. The van der Waals surface area contributed by atoms with E-state index in [9.17, 15) is 9.59 Å². The molecule has 1 saturated carbocycles. The first-order valence-corrected chi connectivity index (χ1v) is 10.8. The van der Waals surface area contributed by atoms with Crippen LogP contribution in [0.3, 0.4) is 0 Å². The first kappa shape index (κ1) is 22.1. The highest BCUT2D eigenvalue weighted by Gasteiger charge is 2.52. The summed E-state index contributed by atoms with van der Waals surface area (Å²) in [6.45, 7) is 8.39. The molecule has 0 heterocycles. The van der Waals surface area contributed by atoms with Crippen LogP contribution in [0.5, 0.6) is 0 Å². The molecule has 2 aromatic carbocycles. The topological polar surface area (TPSA) is 52.6 Å². The van der Waals surface area contributed by atoms with Crippen LogP contribution in [0.15, 0.2) is 48.5 Å². The van der Waals surface area contributed by atoms with Gasteiger partial charge in [0.05, 0.1) is 12.2 Å². The molecule has 0 amide bonds. The molecule has 4 heteroatoms. The molecule has 0 bridgehead atoms. The average molecular weight is 409 g/mol. The quantitative estimate of drug-likeness (QED) is 0.572. The number of hydrogen-bond acceptors (Lipinski definition) is 4. The van der Waals surface area contributed by atoms with Crippen molar-refractivity contribution in [2.45, 2.75) is 59.5 Å². The molecule has 2 unspecified atom stereocenters. The molecule has 0 aromatic heterocycles. The van der Waals surface area contributed by atoms with Gasteiger partial charge in [-0.2, -0.15) is 0 Å². The Hall–Kier alpha value is -2.62. The summed E-state index contributed by atoms with van der Waals surface area (Å²) in [5, 5.41) is 0. The first-order valence-electron chi connectivity index (χ1n) is 10.8. The molecule has 0 N–H and O–H groups in total. The van der Waals surface area contributed by atoms with E-state index in [4.69, 9.17) is 9.47 Å². The lowest BCUT2D eigenvalue weighted by atomic mass is 9.78. The summed E-state index contributed by atoms with van der Waals surface area (Å²) < 4.78 is 11.6. The largest absolute Gasteiger partial charge is 0.465 e. The molecule has 0 saturated heterocycles. The second kappa shape index (κ2) is 9.46. The summed E-state index contributed by atoms with van der Waals surface area (Å²) in [4.78, 5) is 26.2. The summed E-state index contributed by atoms with van der Waals surface area (Å²) in [5.74, 6) is -0.382. The Bertz CT molecular complexity index is 884. The van der Waals surface area contributed by atoms with Gasteiger partial charge in [-0.05, 0) is 63.1 Å². The maximum atomic E-state index is 13.3. The lowest BCUT2D eigenvalue weighted by Crippen LogP contribution is -2.44. The van der Waals surface area contributed by atoms with E-state index in [1.807, 2.05) is 70.2 Å². The second-order valence-electron chi connectivity index (χ2n) is 8.97. The van der Waals surface area contributed by atoms with Gasteiger partial charge in [0.1, 0.15) is 11.5 Å². The van der Waals surface area contributed by atoms with E-state index < -0.39 is 11.5 Å². The van der Waals surface area contributed by atoms with Crippen LogP contribution in [0.25, 0.3) is 0 Å². The first-order chi connectivity index (χ1) is 14.3. The third-order valence-corrected chi connectivity index (χ3v) is 5.80. The van der Waals surface area contributed by atoms with Crippen LogP contribution in [0, 0.1) is 25.2 Å². The van der Waals surface area contributed by atoms with Gasteiger partial charge in [0.15, 0.2) is 0 Å². The summed E-state index contributed by atoms with van der Waals surface area (Å²) in [7, 11) is 0. The Morgan fingerprint density at radius 1 is 1.07 bits per heavy atom. The highest BCUT2D eigenvalue weighted by Crippen LogP contribution is 2.44. The fourth-order valence-corrected chi connectivity index (χ4v) is 4.15. The molecular weight excluding hydrogens is 376 g/mol. The van der Waals surface area contributed by atoms with Gasteiger partial charge in [-0.15, -0.1) is 0 Å². The van der Waals surface area contributed by atoms with E-state index in [0.29, 0.717) is 31.4 Å². The number of esters is 2. The van der Waals surface area contributed by atoms with Gasteiger partial charge < -0.3 is 9.47 Å². The van der Waals surface area contributed by atoms with Crippen molar-refractivity contribution < 1.29 is 19.1 Å². The van der Waals surface area contributed by atoms with Crippen molar-refractivity contribution >= 4 is 11.9 Å². The number of carbonyl (C=O) groups is 2. The Labute approximate surface area is 179 Å². The van der Waals surface area contributed by atoms with Crippen LogP contribution < -0.4 is 0 Å². The molecule has 0 radical (unpaired) electrons. The van der Waals surface area contributed by atoms with Gasteiger partial charge in [0.2, 0.25) is 0 Å². The van der Waals surface area contributed by atoms with Gasteiger partial charge in [-0.1, -0.05) is 61.4 Å². The van der Waals surface area contributed by atoms with Crippen LogP contribution in [0.2, 0.25) is 0 Å². The monoisotopic (exact) mass is 408 g/mol. The number of aryl methyl sites for hydroxylation is 2. The number of hydrogen-bond donors (Lipinski definition) is 0. The van der Waals surface area contributed by atoms with Crippen LogP contribution in [-0.4, -0.2) is 24.6 Å². The van der Waals surface area contributed by atoms with Gasteiger partial charge >= 0.3 is 11.9 Å². The minimum Gasteiger partial charge on any atom is -0.465 e. The van der Waals surface area contributed by atoms with E-state index in [0.717, 1.165) is 17.5 Å². The zero-order valence-electron chi connectivity index (χ0n) is 18.4. The van der Waals surface area contributed by atoms with Crippen molar-refractivity contribution in [3.8, 4) is 0 Å². The summed E-state index contributed by atoms with van der Waals surface area (Å²) in [5.41, 5.74) is 2.90. The van der Waals surface area contributed by atoms with E-state index in [1.54, 1.807) is 6.07 Å². The summed E-state index contributed by atoms with van der Waals surface area (Å²) >= 11 is 0. The molecule has 1 fully saturated rings. The smallest absolute Gasteiger partial charge is 0.338 e. The maximum absolute atomic E-state index is 13.3. The highest BCUT2D eigenvalue weighted by molar-refractivity contribution is 5.90. The molecule has 3 rings (SSSR count). The summed E-state index contributed by atoms with van der Waals surface area (Å²) in [6.07, 6.45) is 2.17. The van der Waals surface area contributed by atoms with Crippen molar-refractivity contribution in [3.05, 3.63) is 70.8 Å². The zero-order valence-corrected chi connectivity index (χ0v) is 18.4. The number of ether oxygens (including phenoxy) is 2. The molecule has 1 aliphatic carbocycles. The van der Waals surface area contributed by atoms with Gasteiger partial charge in [0.25, 0.3) is 0 Å². The summed E-state index contributed by atoms with van der Waals surface area (Å²) in [6, 6.07) is 15.5. The molecule has 160 valence electrons. The van der Waals surface area contributed by atoms with E-state index in [-0.39, 0.29) is 17.9 Å². The third kappa shape index (κ3) is 5.10. The van der Waals surface area contributed by atoms with Crippen molar-refractivity contribution in [2.75, 3.05) is 6.61 Å². The number of rotatable bonds is 7. The van der Waals surface area contributed by atoms with Crippen molar-refractivity contribution in [1.82, 2.24) is 0 Å². The Morgan fingerprint density at radius 3 is 2.47 bits per heavy atom. The number of benzene rings is 2. The van der Waals surface area contributed by atoms with E-state index >= 15 is 0 Å². The minimum atomic E-state index is -0.844. The number of carbonyl (C=O) groups excluding carboxylic acids is 2. The third-order valence-electron chi connectivity index (χ3n) is 5.80. The lowest BCUT2D eigenvalue weighted by molar-refractivity contribution is -0.162. The van der Waals surface area contributed by atoms with Crippen molar-refractivity contribution in [1.29, 1.82) is 0 Å². The van der Waals surface area contributed by atoms with Crippen LogP contribution in [0.1, 0.15) is 60.2 Å². The van der Waals surface area contributed by atoms with Crippen LogP contribution in [-0.2, 0) is 20.7 Å². The van der Waals surface area contributed by atoms with Crippen molar-refractivity contribution in [3.63, 3.8) is 0 Å². The minimum absolute atomic E-state index is 0.250. The van der Waals surface area contributed by atoms with Gasteiger partial charge in [0, 0.05) is 0 Å². The average Bonchev–Trinajstić information content (AvgIpc) is 3.11.